The van der Waals surface area contributed by atoms with Gasteiger partial charge in [0.05, 0.1) is 5.56 Å². The van der Waals surface area contributed by atoms with Crippen LogP contribution in [0.1, 0.15) is 48.9 Å². The zero-order valence-electron chi connectivity index (χ0n) is 11.0. The van der Waals surface area contributed by atoms with Gasteiger partial charge in [0.15, 0.2) is 0 Å². The molecule has 0 unspecified atom stereocenters. The van der Waals surface area contributed by atoms with Gasteiger partial charge >= 0.3 is 5.97 Å². The van der Waals surface area contributed by atoms with Crippen molar-refractivity contribution in [2.24, 2.45) is 11.8 Å². The number of halogens is 1. The largest absolute Gasteiger partial charge is 0.458 e. The fourth-order valence-electron chi connectivity index (χ4n) is 3.59. The number of benzene rings is 1. The highest BCUT2D eigenvalue weighted by atomic mass is 35.5. The van der Waals surface area contributed by atoms with E-state index in [2.05, 4.69) is 0 Å². The fourth-order valence-corrected chi connectivity index (χ4v) is 3.71. The molecule has 0 amide bonds. The highest BCUT2D eigenvalue weighted by Gasteiger charge is 2.38. The number of carbonyl (C=O) groups excluding carboxylic acids is 1. The minimum atomic E-state index is -0.194. The first kappa shape index (κ1) is 13.0. The Balaban J connectivity index is 1.70. The maximum absolute atomic E-state index is 12.2. The third-order valence-corrected chi connectivity index (χ3v) is 4.80. The Morgan fingerprint density at radius 1 is 1.00 bits per heavy atom. The van der Waals surface area contributed by atoms with Crippen molar-refractivity contribution in [1.82, 2.24) is 0 Å². The monoisotopic (exact) mass is 278 g/mol. The standard InChI is InChI=1S/C16H19ClO2/c17-14-9-7-13(8-10-14)16(18)19-15-11-3-1-4-12(15)6-2-5-11/h7-12,15H,1-6H2. The SMILES string of the molecule is O=C(OC1C2CCCC1CCC2)c1ccc(Cl)cc1. The molecule has 0 spiro atoms. The Kier molecular flexibility index (Phi) is 3.79. The minimum Gasteiger partial charge on any atom is -0.458 e. The van der Waals surface area contributed by atoms with Crippen molar-refractivity contribution < 1.29 is 9.53 Å². The summed E-state index contributed by atoms with van der Waals surface area (Å²) in [6.45, 7) is 0. The predicted molar refractivity (Wildman–Crippen MR) is 75.3 cm³/mol. The third-order valence-electron chi connectivity index (χ3n) is 4.55. The van der Waals surface area contributed by atoms with Crippen LogP contribution in [0.2, 0.25) is 5.02 Å². The molecular formula is C16H19ClO2. The van der Waals surface area contributed by atoms with Crippen LogP contribution in [-0.2, 0) is 4.74 Å². The number of fused-ring (bicyclic) bond motifs is 2. The summed E-state index contributed by atoms with van der Waals surface area (Å²) in [5.41, 5.74) is 0.605. The van der Waals surface area contributed by atoms with Crippen LogP contribution in [0.15, 0.2) is 24.3 Å². The molecule has 3 rings (SSSR count). The summed E-state index contributed by atoms with van der Waals surface area (Å²) in [7, 11) is 0. The lowest BCUT2D eigenvalue weighted by Gasteiger charge is -2.41. The van der Waals surface area contributed by atoms with E-state index < -0.39 is 0 Å². The number of hydrogen-bond acceptors (Lipinski definition) is 2. The van der Waals surface area contributed by atoms with E-state index in [9.17, 15) is 4.79 Å². The number of rotatable bonds is 2. The predicted octanol–water partition coefficient (Wildman–Crippen LogP) is 4.47. The van der Waals surface area contributed by atoms with Gasteiger partial charge in [-0.15, -0.1) is 0 Å². The van der Waals surface area contributed by atoms with Crippen LogP contribution in [-0.4, -0.2) is 12.1 Å². The van der Waals surface area contributed by atoms with Crippen LogP contribution >= 0.6 is 11.6 Å². The van der Waals surface area contributed by atoms with Crippen LogP contribution in [0, 0.1) is 11.8 Å². The molecule has 19 heavy (non-hydrogen) atoms. The summed E-state index contributed by atoms with van der Waals surface area (Å²) in [5.74, 6) is 0.980. The first-order valence-corrected chi connectivity index (χ1v) is 7.58. The molecule has 2 nitrogen and oxygen atoms in total. The fraction of sp³-hybridized carbons (Fsp3) is 0.562. The lowest BCUT2D eigenvalue weighted by atomic mass is 9.70. The van der Waals surface area contributed by atoms with Crippen molar-refractivity contribution in [3.8, 4) is 0 Å². The summed E-state index contributed by atoms with van der Waals surface area (Å²) >= 11 is 5.83. The Bertz CT molecular complexity index is 432. The lowest BCUT2D eigenvalue weighted by molar-refractivity contribution is -0.0429. The van der Waals surface area contributed by atoms with Gasteiger partial charge in [-0.2, -0.15) is 0 Å². The van der Waals surface area contributed by atoms with E-state index in [0.717, 1.165) is 0 Å². The van der Waals surface area contributed by atoms with Crippen LogP contribution in [0.5, 0.6) is 0 Å². The molecule has 0 N–H and O–H groups in total. The number of hydrogen-bond donors (Lipinski definition) is 0. The molecule has 0 saturated heterocycles. The maximum Gasteiger partial charge on any atom is 0.338 e. The summed E-state index contributed by atoms with van der Waals surface area (Å²) in [5, 5.41) is 0.645. The molecule has 2 bridgehead atoms. The second-order valence-corrected chi connectivity index (χ2v) is 6.20. The summed E-state index contributed by atoms with van der Waals surface area (Å²) in [6.07, 6.45) is 7.61. The van der Waals surface area contributed by atoms with Gasteiger partial charge in [0.1, 0.15) is 6.10 Å². The first-order valence-electron chi connectivity index (χ1n) is 7.20. The Morgan fingerprint density at radius 3 is 2.05 bits per heavy atom. The summed E-state index contributed by atoms with van der Waals surface area (Å²) < 4.78 is 5.80. The number of esters is 1. The van der Waals surface area contributed by atoms with E-state index in [-0.39, 0.29) is 12.1 Å². The molecule has 2 aliphatic rings. The normalized spacial score (nSPS) is 29.8. The van der Waals surface area contributed by atoms with Crippen LogP contribution in [0.4, 0.5) is 0 Å². The molecule has 1 aromatic rings. The van der Waals surface area contributed by atoms with Gasteiger partial charge in [-0.1, -0.05) is 24.4 Å². The zero-order chi connectivity index (χ0) is 13.2. The molecule has 2 fully saturated rings. The summed E-state index contributed by atoms with van der Waals surface area (Å²) in [4.78, 5) is 12.2. The van der Waals surface area contributed by atoms with Gasteiger partial charge in [0.2, 0.25) is 0 Å². The first-order chi connectivity index (χ1) is 9.24. The van der Waals surface area contributed by atoms with E-state index in [4.69, 9.17) is 16.3 Å². The van der Waals surface area contributed by atoms with Gasteiger partial charge in [0, 0.05) is 5.02 Å². The summed E-state index contributed by atoms with van der Waals surface area (Å²) in [6, 6.07) is 6.95. The van der Waals surface area contributed by atoms with Crippen molar-refractivity contribution in [3.63, 3.8) is 0 Å². The van der Waals surface area contributed by atoms with E-state index in [1.165, 1.54) is 38.5 Å². The quantitative estimate of drug-likeness (QED) is 0.746. The second-order valence-electron chi connectivity index (χ2n) is 5.76. The maximum atomic E-state index is 12.2. The zero-order valence-corrected chi connectivity index (χ0v) is 11.7. The van der Waals surface area contributed by atoms with Crippen LogP contribution in [0.3, 0.4) is 0 Å². The van der Waals surface area contributed by atoms with Crippen molar-refractivity contribution >= 4 is 17.6 Å². The van der Waals surface area contributed by atoms with Gasteiger partial charge in [-0.25, -0.2) is 4.79 Å². The van der Waals surface area contributed by atoms with Crippen molar-refractivity contribution in [3.05, 3.63) is 34.9 Å². The Hall–Kier alpha value is -1.02. The molecule has 2 saturated carbocycles. The van der Waals surface area contributed by atoms with Crippen molar-refractivity contribution in [1.29, 1.82) is 0 Å². The average Bonchev–Trinajstić information content (AvgIpc) is 2.39. The average molecular weight is 279 g/mol. The van der Waals surface area contributed by atoms with E-state index >= 15 is 0 Å². The van der Waals surface area contributed by atoms with Gasteiger partial charge in [0.25, 0.3) is 0 Å². The van der Waals surface area contributed by atoms with Gasteiger partial charge < -0.3 is 4.74 Å². The molecule has 0 radical (unpaired) electrons. The van der Waals surface area contributed by atoms with E-state index in [1.54, 1.807) is 24.3 Å². The molecule has 102 valence electrons. The highest BCUT2D eigenvalue weighted by molar-refractivity contribution is 6.30. The van der Waals surface area contributed by atoms with Crippen molar-refractivity contribution in [2.75, 3.05) is 0 Å². The minimum absolute atomic E-state index is 0.144. The molecule has 0 heterocycles. The molecular weight excluding hydrogens is 260 g/mol. The number of carbonyl (C=O) groups is 1. The molecule has 3 heteroatoms. The number of ether oxygens (including phenoxy) is 1. The third kappa shape index (κ3) is 2.79. The van der Waals surface area contributed by atoms with Crippen LogP contribution < -0.4 is 0 Å². The Morgan fingerprint density at radius 2 is 1.53 bits per heavy atom. The Labute approximate surface area is 119 Å². The van der Waals surface area contributed by atoms with Gasteiger partial charge in [-0.05, 0) is 61.8 Å². The van der Waals surface area contributed by atoms with E-state index in [0.29, 0.717) is 22.4 Å². The second kappa shape index (κ2) is 5.54. The van der Waals surface area contributed by atoms with Gasteiger partial charge in [-0.3, -0.25) is 0 Å². The van der Waals surface area contributed by atoms with Crippen molar-refractivity contribution in [2.45, 2.75) is 44.6 Å². The topological polar surface area (TPSA) is 26.3 Å². The molecule has 0 atom stereocenters. The lowest BCUT2D eigenvalue weighted by Crippen LogP contribution is -2.40. The van der Waals surface area contributed by atoms with Crippen LogP contribution in [0.25, 0.3) is 0 Å². The highest BCUT2D eigenvalue weighted by Crippen LogP contribution is 2.42. The molecule has 1 aromatic carbocycles. The molecule has 0 aromatic heterocycles. The molecule has 0 aliphatic heterocycles. The molecule has 2 aliphatic carbocycles. The van der Waals surface area contributed by atoms with E-state index in [1.807, 2.05) is 0 Å². The smallest absolute Gasteiger partial charge is 0.338 e.